The zero-order chi connectivity index (χ0) is 23.7. The molecule has 0 saturated carbocycles. The van der Waals surface area contributed by atoms with E-state index in [-0.39, 0.29) is 25.5 Å². The summed E-state index contributed by atoms with van der Waals surface area (Å²) in [6.07, 6.45) is 2.74. The molecule has 2 amide bonds. The Morgan fingerprint density at radius 1 is 1.24 bits per heavy atom. The average molecular weight is 453 g/mol. The topological polar surface area (TPSA) is 103 Å². The molecule has 1 fully saturated rings. The van der Waals surface area contributed by atoms with Gasteiger partial charge in [-0.25, -0.2) is 14.8 Å². The van der Waals surface area contributed by atoms with Crippen LogP contribution in [-0.2, 0) is 9.53 Å². The Balaban J connectivity index is 0.00000324. The number of anilines is 2. The molecule has 176 valence electrons. The normalized spacial score (nSPS) is 18.6. The number of carbonyl (C=O) groups excluding carboxylic acids is 2. The maximum atomic E-state index is 12.0. The Kier molecular flexibility index (Phi) is 6.22. The van der Waals surface area contributed by atoms with Crippen LogP contribution in [0.1, 0.15) is 36.0 Å². The lowest BCUT2D eigenvalue weighted by molar-refractivity contribution is -0.133. The molecule has 2 atom stereocenters. The van der Waals surface area contributed by atoms with Crippen molar-refractivity contribution >= 4 is 34.5 Å². The summed E-state index contributed by atoms with van der Waals surface area (Å²) in [6.45, 7) is 10.8. The van der Waals surface area contributed by atoms with Gasteiger partial charge in [-0.1, -0.05) is 6.07 Å². The lowest BCUT2D eigenvalue weighted by atomic mass is 10.1. The second-order valence-electron chi connectivity index (χ2n) is 8.81. The van der Waals surface area contributed by atoms with Crippen molar-refractivity contribution < 1.29 is 15.8 Å². The molecule has 1 saturated heterocycles. The lowest BCUT2D eigenvalue weighted by Crippen LogP contribution is -2.58. The molecule has 0 aliphatic carbocycles. The van der Waals surface area contributed by atoms with Crippen LogP contribution in [0, 0.1) is 0 Å². The molecule has 3 aromatic heterocycles. The zero-order valence-corrected chi connectivity index (χ0v) is 19.6. The van der Waals surface area contributed by atoms with Crippen molar-refractivity contribution in [2.75, 3.05) is 23.3 Å². The van der Waals surface area contributed by atoms with E-state index in [4.69, 9.17) is 9.72 Å². The van der Waals surface area contributed by atoms with E-state index in [1.807, 2.05) is 35.4 Å². The molecule has 0 unspecified atom stereocenters. The average Bonchev–Trinajstić information content (AvgIpc) is 3.15. The monoisotopic (exact) mass is 452 g/mol. The van der Waals surface area contributed by atoms with E-state index in [9.17, 15) is 9.59 Å². The second-order valence-corrected chi connectivity index (χ2v) is 8.81. The fourth-order valence-corrected chi connectivity index (χ4v) is 4.52. The number of H-pyrrole nitrogens is 1. The van der Waals surface area contributed by atoms with Crippen molar-refractivity contribution in [2.45, 2.75) is 52.8 Å². The molecular weight excluding hydrogens is 420 g/mol. The summed E-state index contributed by atoms with van der Waals surface area (Å²) in [5, 5.41) is 3.57. The summed E-state index contributed by atoms with van der Waals surface area (Å²) in [6, 6.07) is 8.01. The van der Waals surface area contributed by atoms with Gasteiger partial charge in [-0.2, -0.15) is 0 Å². The van der Waals surface area contributed by atoms with Crippen molar-refractivity contribution in [3.8, 4) is 11.3 Å². The molecular formula is C24H32N6O3. The first-order valence-corrected chi connectivity index (χ1v) is 11.2. The SMILES string of the molecule is CC(=O)N1[C@H](C)CN(c2cccc(-c3c[nH]c4ncc(NC(=O)OC(C)C)cc34)n2)C[C@@H]1C.[HH]. The third-order valence-corrected chi connectivity index (χ3v) is 5.74. The summed E-state index contributed by atoms with van der Waals surface area (Å²) >= 11 is 0. The van der Waals surface area contributed by atoms with Crippen molar-refractivity contribution in [1.82, 2.24) is 19.9 Å². The molecule has 4 rings (SSSR count). The molecule has 0 spiro atoms. The summed E-state index contributed by atoms with van der Waals surface area (Å²) in [7, 11) is 0. The fourth-order valence-electron chi connectivity index (χ4n) is 4.52. The highest BCUT2D eigenvalue weighted by atomic mass is 16.6. The first-order valence-electron chi connectivity index (χ1n) is 11.2. The molecule has 4 heterocycles. The van der Waals surface area contributed by atoms with Crippen molar-refractivity contribution in [1.29, 1.82) is 0 Å². The highest BCUT2D eigenvalue weighted by molar-refractivity contribution is 5.96. The van der Waals surface area contributed by atoms with Gasteiger partial charge < -0.3 is 19.5 Å². The van der Waals surface area contributed by atoms with Gasteiger partial charge in [0.25, 0.3) is 0 Å². The summed E-state index contributed by atoms with van der Waals surface area (Å²) in [5.74, 6) is 0.968. The lowest BCUT2D eigenvalue weighted by Gasteiger charge is -2.44. The van der Waals surface area contributed by atoms with Crippen LogP contribution in [0.15, 0.2) is 36.7 Å². The number of aromatic amines is 1. The molecule has 1 aliphatic heterocycles. The number of piperazine rings is 1. The largest absolute Gasteiger partial charge is 0.447 e. The number of ether oxygens (including phenoxy) is 1. The summed E-state index contributed by atoms with van der Waals surface area (Å²) in [4.78, 5) is 40.6. The highest BCUT2D eigenvalue weighted by Gasteiger charge is 2.31. The number of fused-ring (bicyclic) bond motifs is 1. The van der Waals surface area contributed by atoms with Crippen LogP contribution in [0.3, 0.4) is 0 Å². The molecule has 1 aliphatic rings. The zero-order valence-electron chi connectivity index (χ0n) is 19.6. The van der Waals surface area contributed by atoms with Gasteiger partial charge in [-0.15, -0.1) is 0 Å². The molecule has 33 heavy (non-hydrogen) atoms. The van der Waals surface area contributed by atoms with Crippen LogP contribution in [0.25, 0.3) is 22.3 Å². The number of hydrogen-bond acceptors (Lipinski definition) is 6. The van der Waals surface area contributed by atoms with Gasteiger partial charge in [0.05, 0.1) is 23.7 Å². The van der Waals surface area contributed by atoms with E-state index >= 15 is 0 Å². The number of nitrogens with one attached hydrogen (secondary N) is 2. The van der Waals surface area contributed by atoms with E-state index in [0.717, 1.165) is 35.6 Å². The minimum atomic E-state index is -0.517. The van der Waals surface area contributed by atoms with Gasteiger partial charge in [0, 0.05) is 50.7 Å². The Morgan fingerprint density at radius 3 is 2.64 bits per heavy atom. The predicted octanol–water partition coefficient (Wildman–Crippen LogP) is 4.27. The summed E-state index contributed by atoms with van der Waals surface area (Å²) in [5.41, 5.74) is 2.95. The molecule has 0 bridgehead atoms. The molecule has 0 aromatic carbocycles. The Labute approximate surface area is 194 Å². The first kappa shape index (κ1) is 22.6. The number of pyridine rings is 2. The van der Waals surface area contributed by atoms with Crippen LogP contribution in [0.5, 0.6) is 0 Å². The quantitative estimate of drug-likeness (QED) is 0.613. The number of hydrogen-bond donors (Lipinski definition) is 2. The van der Waals surface area contributed by atoms with Crippen LogP contribution < -0.4 is 10.2 Å². The summed E-state index contributed by atoms with van der Waals surface area (Å²) < 4.78 is 5.16. The number of nitrogens with zero attached hydrogens (tertiary/aromatic N) is 4. The number of amides is 2. The van der Waals surface area contributed by atoms with Gasteiger partial charge in [0.15, 0.2) is 0 Å². The van der Waals surface area contributed by atoms with Gasteiger partial charge in [-0.3, -0.25) is 10.1 Å². The Morgan fingerprint density at radius 2 is 1.97 bits per heavy atom. The van der Waals surface area contributed by atoms with E-state index < -0.39 is 6.09 Å². The maximum Gasteiger partial charge on any atom is 0.411 e. The Hall–Kier alpha value is -3.62. The van der Waals surface area contributed by atoms with Crippen molar-refractivity contribution in [3.63, 3.8) is 0 Å². The predicted molar refractivity (Wildman–Crippen MR) is 130 cm³/mol. The van der Waals surface area contributed by atoms with E-state index in [1.54, 1.807) is 27.0 Å². The molecule has 3 aromatic rings. The smallest absolute Gasteiger partial charge is 0.411 e. The minimum Gasteiger partial charge on any atom is -0.447 e. The van der Waals surface area contributed by atoms with Crippen molar-refractivity contribution in [3.05, 3.63) is 36.7 Å². The maximum absolute atomic E-state index is 12.0. The van der Waals surface area contributed by atoms with E-state index in [1.165, 1.54) is 0 Å². The van der Waals surface area contributed by atoms with Crippen LogP contribution >= 0.6 is 0 Å². The van der Waals surface area contributed by atoms with Crippen LogP contribution in [0.4, 0.5) is 16.3 Å². The van der Waals surface area contributed by atoms with Gasteiger partial charge >= 0.3 is 6.09 Å². The fraction of sp³-hybridized carbons (Fsp3) is 0.417. The second kappa shape index (κ2) is 9.09. The Bertz CT molecular complexity index is 1170. The van der Waals surface area contributed by atoms with E-state index in [0.29, 0.717) is 11.3 Å². The third kappa shape index (κ3) is 4.76. The first-order chi connectivity index (χ1) is 15.7. The molecule has 9 nitrogen and oxygen atoms in total. The molecule has 9 heteroatoms. The number of carbonyl (C=O) groups is 2. The molecule has 2 N–H and O–H groups in total. The van der Waals surface area contributed by atoms with Crippen LogP contribution in [-0.4, -0.2) is 63.1 Å². The van der Waals surface area contributed by atoms with Gasteiger partial charge in [0.2, 0.25) is 5.91 Å². The number of aromatic nitrogens is 3. The van der Waals surface area contributed by atoms with E-state index in [2.05, 4.69) is 34.0 Å². The highest BCUT2D eigenvalue weighted by Crippen LogP contribution is 2.30. The number of rotatable bonds is 4. The minimum absolute atomic E-state index is 0. The van der Waals surface area contributed by atoms with Gasteiger partial charge in [-0.05, 0) is 45.9 Å². The third-order valence-electron chi connectivity index (χ3n) is 5.74. The standard InChI is InChI=1S/C24H30N6O3.H2/c1-14(2)33-24(32)27-18-9-19-20(11-26-23(19)25-10-18)21-7-6-8-22(28-21)29-12-15(3)30(17(5)31)16(4)13-29;/h6-11,14-16H,12-13H2,1-5H3,(H,25,26)(H,27,32);1H/t15-,16+;. The van der Waals surface area contributed by atoms with Crippen molar-refractivity contribution in [2.24, 2.45) is 0 Å². The van der Waals surface area contributed by atoms with Crippen LogP contribution in [0.2, 0.25) is 0 Å². The molecule has 0 radical (unpaired) electrons. The van der Waals surface area contributed by atoms with Gasteiger partial charge in [0.1, 0.15) is 11.5 Å².